The first-order valence-corrected chi connectivity index (χ1v) is 9.29. The Morgan fingerprint density at radius 1 is 1.12 bits per heavy atom. The zero-order valence-corrected chi connectivity index (χ0v) is 15.2. The smallest absolute Gasteiger partial charge is 0.233 e. The number of rotatable bonds is 6. The monoisotopic (exact) mass is 351 g/mol. The van der Waals surface area contributed by atoms with Gasteiger partial charge in [0, 0.05) is 11.6 Å². The summed E-state index contributed by atoms with van der Waals surface area (Å²) in [5.74, 6) is 0.0495. The van der Waals surface area contributed by atoms with Crippen LogP contribution < -0.4 is 5.32 Å². The van der Waals surface area contributed by atoms with Gasteiger partial charge in [0.05, 0.1) is 11.6 Å². The molecule has 0 saturated heterocycles. The fourth-order valence-corrected chi connectivity index (χ4v) is 3.49. The number of thiazole rings is 1. The molecule has 1 N–H and O–H groups in total. The van der Waals surface area contributed by atoms with Crippen LogP contribution in [0.2, 0.25) is 0 Å². The molecule has 0 aliphatic rings. The molecule has 1 aromatic carbocycles. The van der Waals surface area contributed by atoms with Gasteiger partial charge in [0.15, 0.2) is 5.13 Å². The van der Waals surface area contributed by atoms with Gasteiger partial charge in [0.2, 0.25) is 5.91 Å². The van der Waals surface area contributed by atoms with Gasteiger partial charge in [0.1, 0.15) is 5.69 Å². The zero-order chi connectivity index (χ0) is 17.6. The highest BCUT2D eigenvalue weighted by atomic mass is 32.1. The van der Waals surface area contributed by atoms with Gasteiger partial charge in [-0.2, -0.15) is 0 Å². The van der Waals surface area contributed by atoms with Gasteiger partial charge in [-0.25, -0.2) is 4.98 Å². The Balaban J connectivity index is 1.79. The van der Waals surface area contributed by atoms with Crippen molar-refractivity contribution in [2.24, 2.45) is 5.92 Å². The van der Waals surface area contributed by atoms with Crippen molar-refractivity contribution in [3.8, 4) is 11.4 Å². The number of hydrogen-bond acceptors (Lipinski definition) is 4. The van der Waals surface area contributed by atoms with E-state index in [9.17, 15) is 4.79 Å². The van der Waals surface area contributed by atoms with Crippen LogP contribution in [0.1, 0.15) is 31.7 Å². The van der Waals surface area contributed by atoms with Crippen LogP contribution in [0.3, 0.4) is 0 Å². The van der Waals surface area contributed by atoms with E-state index < -0.39 is 0 Å². The van der Waals surface area contributed by atoms with Crippen LogP contribution in [-0.2, 0) is 4.79 Å². The fourth-order valence-electron chi connectivity index (χ4n) is 2.78. The van der Waals surface area contributed by atoms with Gasteiger partial charge in [-0.1, -0.05) is 56.7 Å². The Morgan fingerprint density at radius 3 is 2.56 bits per heavy atom. The molecule has 0 radical (unpaired) electrons. The van der Waals surface area contributed by atoms with Gasteiger partial charge < -0.3 is 5.32 Å². The lowest BCUT2D eigenvalue weighted by Crippen LogP contribution is -2.26. The normalized spacial score (nSPS) is 13.2. The first-order chi connectivity index (χ1) is 12.2. The molecule has 0 saturated carbocycles. The highest BCUT2D eigenvalue weighted by Gasteiger charge is 2.26. The van der Waals surface area contributed by atoms with Crippen LogP contribution in [0.5, 0.6) is 0 Å². The molecule has 0 bridgehead atoms. The van der Waals surface area contributed by atoms with E-state index in [1.165, 1.54) is 11.3 Å². The number of pyridine rings is 1. The number of aromatic nitrogens is 2. The summed E-state index contributed by atoms with van der Waals surface area (Å²) < 4.78 is 0. The first-order valence-electron chi connectivity index (χ1n) is 8.41. The van der Waals surface area contributed by atoms with E-state index in [-0.39, 0.29) is 17.7 Å². The van der Waals surface area contributed by atoms with Gasteiger partial charge >= 0.3 is 0 Å². The number of carbonyl (C=O) groups is 1. The molecule has 0 unspecified atom stereocenters. The number of benzene rings is 1. The maximum Gasteiger partial charge on any atom is 0.233 e. The first kappa shape index (κ1) is 17.3. The minimum absolute atomic E-state index is 0.0116. The summed E-state index contributed by atoms with van der Waals surface area (Å²) in [6.45, 7) is 4.22. The van der Waals surface area contributed by atoms with E-state index in [1.54, 1.807) is 6.20 Å². The molecule has 0 aliphatic heterocycles. The van der Waals surface area contributed by atoms with Gasteiger partial charge in [0.25, 0.3) is 0 Å². The summed E-state index contributed by atoms with van der Waals surface area (Å²) in [4.78, 5) is 21.7. The van der Waals surface area contributed by atoms with E-state index in [1.807, 2.05) is 53.9 Å². The van der Waals surface area contributed by atoms with Crippen LogP contribution in [0.25, 0.3) is 11.4 Å². The minimum Gasteiger partial charge on any atom is -0.301 e. The number of carbonyl (C=O) groups excluding carboxylic acids is 1. The van der Waals surface area contributed by atoms with E-state index in [2.05, 4.69) is 29.1 Å². The van der Waals surface area contributed by atoms with Crippen LogP contribution in [0.15, 0.2) is 60.1 Å². The largest absolute Gasteiger partial charge is 0.301 e. The van der Waals surface area contributed by atoms with E-state index in [4.69, 9.17) is 0 Å². The van der Waals surface area contributed by atoms with E-state index in [0.29, 0.717) is 5.13 Å². The highest BCUT2D eigenvalue weighted by Crippen LogP contribution is 2.30. The van der Waals surface area contributed by atoms with Gasteiger partial charge in [-0.3, -0.25) is 9.78 Å². The van der Waals surface area contributed by atoms with Crippen molar-refractivity contribution < 1.29 is 4.79 Å². The second-order valence-electron chi connectivity index (χ2n) is 6.02. The third kappa shape index (κ3) is 4.12. The molecule has 0 aliphatic carbocycles. The van der Waals surface area contributed by atoms with Crippen molar-refractivity contribution in [3.05, 3.63) is 65.7 Å². The topological polar surface area (TPSA) is 54.9 Å². The minimum atomic E-state index is -0.187. The second-order valence-corrected chi connectivity index (χ2v) is 6.87. The van der Waals surface area contributed by atoms with Crippen LogP contribution >= 0.6 is 11.3 Å². The Hall–Kier alpha value is -2.53. The average molecular weight is 351 g/mol. The number of amides is 1. The zero-order valence-electron chi connectivity index (χ0n) is 14.3. The van der Waals surface area contributed by atoms with Crippen molar-refractivity contribution in [2.75, 3.05) is 5.32 Å². The third-order valence-corrected chi connectivity index (χ3v) is 5.07. The maximum atomic E-state index is 12.9. The summed E-state index contributed by atoms with van der Waals surface area (Å²) in [5.41, 5.74) is 2.62. The molecular weight excluding hydrogens is 330 g/mol. The van der Waals surface area contributed by atoms with Gasteiger partial charge in [-0.05, 0) is 23.6 Å². The quantitative estimate of drug-likeness (QED) is 0.682. The van der Waals surface area contributed by atoms with Crippen LogP contribution in [-0.4, -0.2) is 15.9 Å². The molecule has 0 spiro atoms. The molecule has 128 valence electrons. The average Bonchev–Trinajstić information content (AvgIpc) is 3.12. The molecule has 0 fully saturated rings. The molecule has 4 nitrogen and oxygen atoms in total. The number of nitrogens with one attached hydrogen (secondary N) is 1. The number of hydrogen-bond donors (Lipinski definition) is 1. The SMILES string of the molecule is CC[C@@H](C)[C@H](C(=O)Nc1nc(-c2ccccn2)cs1)c1ccccc1. The lowest BCUT2D eigenvalue weighted by Gasteiger charge is -2.22. The molecule has 25 heavy (non-hydrogen) atoms. The Morgan fingerprint density at radius 2 is 1.88 bits per heavy atom. The Bertz CT molecular complexity index is 817. The second kappa shape index (κ2) is 8.03. The summed E-state index contributed by atoms with van der Waals surface area (Å²) >= 11 is 1.42. The number of anilines is 1. The predicted octanol–water partition coefficient (Wildman–Crippen LogP) is 4.97. The van der Waals surface area contributed by atoms with Crippen molar-refractivity contribution in [1.82, 2.24) is 9.97 Å². The third-order valence-electron chi connectivity index (χ3n) is 4.32. The summed E-state index contributed by atoms with van der Waals surface area (Å²) in [7, 11) is 0. The van der Waals surface area contributed by atoms with Crippen LogP contribution in [0, 0.1) is 5.92 Å². The number of nitrogens with zero attached hydrogens (tertiary/aromatic N) is 2. The Labute approximate surface area is 152 Å². The molecule has 3 rings (SSSR count). The van der Waals surface area contributed by atoms with E-state index >= 15 is 0 Å². The van der Waals surface area contributed by atoms with Crippen molar-refractivity contribution in [3.63, 3.8) is 0 Å². The summed E-state index contributed by atoms with van der Waals surface area (Å²) in [5, 5.41) is 5.51. The molecule has 1 amide bonds. The van der Waals surface area contributed by atoms with Crippen molar-refractivity contribution in [1.29, 1.82) is 0 Å². The maximum absolute atomic E-state index is 12.9. The van der Waals surface area contributed by atoms with Crippen molar-refractivity contribution in [2.45, 2.75) is 26.2 Å². The lowest BCUT2D eigenvalue weighted by atomic mass is 9.85. The molecule has 2 heterocycles. The van der Waals surface area contributed by atoms with Crippen LogP contribution in [0.4, 0.5) is 5.13 Å². The molecule has 2 atom stereocenters. The lowest BCUT2D eigenvalue weighted by molar-refractivity contribution is -0.118. The standard InChI is InChI=1S/C20H21N3OS/c1-3-14(2)18(15-9-5-4-6-10-15)19(24)23-20-22-17(13-25-20)16-11-7-8-12-21-16/h4-14,18H,3H2,1-2H3,(H,22,23,24)/t14-,18+/m1/s1. The molecule has 5 heteroatoms. The molecular formula is C20H21N3OS. The summed E-state index contributed by atoms with van der Waals surface area (Å²) in [6, 6.07) is 15.6. The molecule has 2 aromatic heterocycles. The van der Waals surface area contributed by atoms with Crippen molar-refractivity contribution >= 4 is 22.4 Å². The fraction of sp³-hybridized carbons (Fsp3) is 0.250. The Kier molecular flexibility index (Phi) is 5.56. The molecule has 3 aromatic rings. The van der Waals surface area contributed by atoms with Gasteiger partial charge in [-0.15, -0.1) is 11.3 Å². The predicted molar refractivity (Wildman–Crippen MR) is 103 cm³/mol. The highest BCUT2D eigenvalue weighted by molar-refractivity contribution is 7.14. The summed E-state index contributed by atoms with van der Waals surface area (Å²) in [6.07, 6.45) is 2.67. The van der Waals surface area contributed by atoms with E-state index in [0.717, 1.165) is 23.4 Å².